The maximum atomic E-state index is 14.7. The molecule has 1 N–H and O–H groups in total. The van der Waals surface area contributed by atoms with Crippen LogP contribution < -0.4 is 15.1 Å². The number of hydrogen-bond acceptors (Lipinski definition) is 5. The van der Waals surface area contributed by atoms with E-state index in [-0.39, 0.29) is 24.8 Å². The molecular weight excluding hydrogens is 341 g/mol. The average molecular weight is 363 g/mol. The van der Waals surface area contributed by atoms with Gasteiger partial charge < -0.3 is 19.7 Å². The van der Waals surface area contributed by atoms with Crippen LogP contribution in [-0.2, 0) is 14.3 Å². The molecule has 0 radical (unpaired) electrons. The van der Waals surface area contributed by atoms with E-state index in [1.165, 1.54) is 17.9 Å². The summed E-state index contributed by atoms with van der Waals surface area (Å²) < 4.78 is 25.4. The lowest BCUT2D eigenvalue weighted by Crippen LogP contribution is -2.60. The number of anilines is 2. The number of hydrogen-bond donors (Lipinski definition) is 1. The molecule has 1 aromatic rings. The molecular formula is C18H22FN3O4. The summed E-state index contributed by atoms with van der Waals surface area (Å²) >= 11 is 0. The van der Waals surface area contributed by atoms with Gasteiger partial charge in [0.1, 0.15) is 11.9 Å². The van der Waals surface area contributed by atoms with Crippen molar-refractivity contribution in [3.63, 3.8) is 0 Å². The van der Waals surface area contributed by atoms with Crippen LogP contribution in [-0.4, -0.2) is 57.0 Å². The Kier molecular flexibility index (Phi) is 4.44. The largest absolute Gasteiger partial charge is 0.442 e. The fourth-order valence-corrected chi connectivity index (χ4v) is 3.89. The molecule has 26 heavy (non-hydrogen) atoms. The molecule has 1 aromatic carbocycles. The van der Waals surface area contributed by atoms with Crippen molar-refractivity contribution < 1.29 is 23.5 Å². The molecule has 3 fully saturated rings. The minimum atomic E-state index is -0.527. The van der Waals surface area contributed by atoms with Crippen molar-refractivity contribution >= 4 is 23.4 Å². The van der Waals surface area contributed by atoms with Gasteiger partial charge in [-0.15, -0.1) is 0 Å². The predicted molar refractivity (Wildman–Crippen MR) is 92.8 cm³/mol. The predicted octanol–water partition coefficient (Wildman–Crippen LogP) is 1.51. The zero-order valence-corrected chi connectivity index (χ0v) is 14.6. The summed E-state index contributed by atoms with van der Waals surface area (Å²) in [5.41, 5.74) is 1.03. The number of carbonyl (C=O) groups is 2. The third-order valence-electron chi connectivity index (χ3n) is 5.27. The number of carbonyl (C=O) groups excluding carboxylic acids is 2. The Bertz CT molecular complexity index is 728. The van der Waals surface area contributed by atoms with Gasteiger partial charge in [0, 0.05) is 32.0 Å². The van der Waals surface area contributed by atoms with Gasteiger partial charge in [-0.1, -0.05) is 0 Å². The molecule has 2 unspecified atom stereocenters. The van der Waals surface area contributed by atoms with E-state index >= 15 is 0 Å². The number of fused-ring (bicyclic) bond motifs is 1. The average Bonchev–Trinajstić information content (AvgIpc) is 2.96. The van der Waals surface area contributed by atoms with E-state index in [1.807, 2.05) is 0 Å². The maximum Gasteiger partial charge on any atom is 0.414 e. The lowest BCUT2D eigenvalue weighted by molar-refractivity contribution is -0.119. The van der Waals surface area contributed by atoms with Crippen LogP contribution in [0.2, 0.25) is 0 Å². The second-order valence-corrected chi connectivity index (χ2v) is 7.03. The van der Waals surface area contributed by atoms with Crippen LogP contribution in [0.3, 0.4) is 0 Å². The topological polar surface area (TPSA) is 71.1 Å². The van der Waals surface area contributed by atoms with E-state index in [2.05, 4.69) is 10.2 Å². The van der Waals surface area contributed by atoms with Crippen LogP contribution in [0.25, 0.3) is 0 Å². The molecule has 3 aliphatic rings. The van der Waals surface area contributed by atoms with Crippen LogP contribution in [0.1, 0.15) is 13.3 Å². The number of cyclic esters (lactones) is 1. The Morgan fingerprint density at radius 1 is 1.38 bits per heavy atom. The smallest absolute Gasteiger partial charge is 0.414 e. The fraction of sp³-hybridized carbons (Fsp3) is 0.556. The molecule has 140 valence electrons. The molecule has 8 heteroatoms. The van der Waals surface area contributed by atoms with E-state index in [0.29, 0.717) is 29.9 Å². The second-order valence-electron chi connectivity index (χ2n) is 7.03. The molecule has 4 rings (SSSR count). The molecule has 2 amide bonds. The highest BCUT2D eigenvalue weighted by molar-refractivity contribution is 5.90. The quantitative estimate of drug-likeness (QED) is 0.878. The van der Waals surface area contributed by atoms with Crippen LogP contribution in [0.15, 0.2) is 18.2 Å². The van der Waals surface area contributed by atoms with E-state index in [1.54, 1.807) is 12.1 Å². The van der Waals surface area contributed by atoms with Crippen molar-refractivity contribution in [2.75, 3.05) is 42.6 Å². The van der Waals surface area contributed by atoms with E-state index < -0.39 is 12.2 Å². The zero-order chi connectivity index (χ0) is 18.3. The van der Waals surface area contributed by atoms with Crippen LogP contribution in [0.5, 0.6) is 0 Å². The Hall–Kier alpha value is -2.35. The molecule has 0 aromatic heterocycles. The Balaban J connectivity index is 1.44. The lowest BCUT2D eigenvalue weighted by Gasteiger charge is -2.52. The number of ether oxygens (including phenoxy) is 2. The molecule has 3 heterocycles. The van der Waals surface area contributed by atoms with Gasteiger partial charge in [-0.25, -0.2) is 9.18 Å². The monoisotopic (exact) mass is 363 g/mol. The Labute approximate surface area is 151 Å². The second kappa shape index (κ2) is 6.75. The van der Waals surface area contributed by atoms with E-state index in [9.17, 15) is 14.0 Å². The van der Waals surface area contributed by atoms with Crippen LogP contribution in [0.4, 0.5) is 20.6 Å². The number of rotatable bonds is 4. The van der Waals surface area contributed by atoms with Crippen LogP contribution >= 0.6 is 0 Å². The number of halogens is 1. The first kappa shape index (κ1) is 17.1. The summed E-state index contributed by atoms with van der Waals surface area (Å²) in [7, 11) is 0. The van der Waals surface area contributed by atoms with Crippen molar-refractivity contribution in [1.82, 2.24) is 5.32 Å². The summed E-state index contributed by atoms with van der Waals surface area (Å²) in [5, 5.41) is 2.62. The Morgan fingerprint density at radius 3 is 2.96 bits per heavy atom. The number of amides is 2. The van der Waals surface area contributed by atoms with Gasteiger partial charge in [-0.3, -0.25) is 9.69 Å². The van der Waals surface area contributed by atoms with Crippen molar-refractivity contribution in [2.45, 2.75) is 25.5 Å². The van der Waals surface area contributed by atoms with Crippen molar-refractivity contribution in [3.8, 4) is 0 Å². The standard InChI is InChI=1S/C18H22FN3O4/c1-11(23)20-7-14-9-21(18(24)26-14)13-2-3-17(15(19)6-13)22-8-12-10-25-5-4-16(12)22/h2-3,6,12,14,16H,4-5,7-10H2,1H3,(H,20,23)/t12?,14-,16?/m0/s1. The van der Waals surface area contributed by atoms with Crippen molar-refractivity contribution in [1.29, 1.82) is 0 Å². The third kappa shape index (κ3) is 3.09. The molecule has 3 atom stereocenters. The van der Waals surface area contributed by atoms with Gasteiger partial charge in [0.25, 0.3) is 0 Å². The number of nitrogens with zero attached hydrogens (tertiary/aromatic N) is 2. The summed E-state index contributed by atoms with van der Waals surface area (Å²) in [6.45, 7) is 4.19. The van der Waals surface area contributed by atoms with Crippen molar-refractivity contribution in [2.24, 2.45) is 5.92 Å². The highest BCUT2D eigenvalue weighted by atomic mass is 19.1. The maximum absolute atomic E-state index is 14.7. The molecule has 0 saturated carbocycles. The summed E-state index contributed by atoms with van der Waals surface area (Å²) in [6, 6.07) is 5.19. The first-order valence-electron chi connectivity index (χ1n) is 8.89. The summed E-state index contributed by atoms with van der Waals surface area (Å²) in [6.07, 6.45) is -0.0525. The highest BCUT2D eigenvalue weighted by Gasteiger charge is 2.42. The SMILES string of the molecule is CC(=O)NC[C@H]1CN(c2ccc(N3CC4COCCC43)c(F)c2)C(=O)O1. The lowest BCUT2D eigenvalue weighted by atomic mass is 9.84. The van der Waals surface area contributed by atoms with E-state index in [4.69, 9.17) is 9.47 Å². The third-order valence-corrected chi connectivity index (χ3v) is 5.27. The van der Waals surface area contributed by atoms with Gasteiger partial charge in [0.05, 0.1) is 31.1 Å². The molecule has 3 aliphatic heterocycles. The van der Waals surface area contributed by atoms with Gasteiger partial charge >= 0.3 is 6.09 Å². The normalized spacial score (nSPS) is 27.6. The van der Waals surface area contributed by atoms with Gasteiger partial charge in [0.2, 0.25) is 5.91 Å². The summed E-state index contributed by atoms with van der Waals surface area (Å²) in [4.78, 5) is 26.5. The minimum Gasteiger partial charge on any atom is -0.442 e. The molecule has 3 saturated heterocycles. The van der Waals surface area contributed by atoms with Gasteiger partial charge in [-0.05, 0) is 24.6 Å². The van der Waals surface area contributed by atoms with Crippen molar-refractivity contribution in [3.05, 3.63) is 24.0 Å². The Morgan fingerprint density at radius 2 is 2.23 bits per heavy atom. The first-order valence-corrected chi connectivity index (χ1v) is 8.89. The van der Waals surface area contributed by atoms with Gasteiger partial charge in [0.15, 0.2) is 0 Å². The number of nitrogens with one attached hydrogen (secondary N) is 1. The first-order chi connectivity index (χ1) is 12.5. The van der Waals surface area contributed by atoms with E-state index in [0.717, 1.165) is 19.6 Å². The number of benzene rings is 1. The van der Waals surface area contributed by atoms with Gasteiger partial charge in [-0.2, -0.15) is 0 Å². The summed E-state index contributed by atoms with van der Waals surface area (Å²) in [5.74, 6) is -0.0488. The zero-order valence-electron chi connectivity index (χ0n) is 14.6. The molecule has 0 bridgehead atoms. The molecule has 0 spiro atoms. The van der Waals surface area contributed by atoms with Crippen LogP contribution in [0, 0.1) is 11.7 Å². The molecule has 7 nitrogen and oxygen atoms in total. The fourth-order valence-electron chi connectivity index (χ4n) is 3.89. The molecule has 0 aliphatic carbocycles. The minimum absolute atomic E-state index is 0.184. The highest BCUT2D eigenvalue weighted by Crippen LogP contribution is 2.38.